The first-order valence-corrected chi connectivity index (χ1v) is 5.24. The molecule has 1 rings (SSSR count). The third-order valence-corrected chi connectivity index (χ3v) is 2.19. The average Bonchev–Trinajstić information content (AvgIpc) is 2.32. The van der Waals surface area contributed by atoms with Crippen LogP contribution in [0.5, 0.6) is 0 Å². The lowest BCUT2D eigenvalue weighted by atomic mass is 10.3. The van der Waals surface area contributed by atoms with Crippen LogP contribution >= 0.6 is 0 Å². The van der Waals surface area contributed by atoms with E-state index in [-0.39, 0.29) is 18.0 Å². The second-order valence-corrected chi connectivity index (χ2v) is 3.50. The number of hydrogen-bond donors (Lipinski definition) is 2. The summed E-state index contributed by atoms with van der Waals surface area (Å²) in [6, 6.07) is 2.61. The third-order valence-electron chi connectivity index (χ3n) is 2.19. The van der Waals surface area contributed by atoms with Gasteiger partial charge in [0.25, 0.3) is 5.56 Å². The summed E-state index contributed by atoms with van der Waals surface area (Å²) in [5.74, 6) is -1.69. The number of aromatic nitrogens is 1. The van der Waals surface area contributed by atoms with Gasteiger partial charge in [-0.2, -0.15) is 0 Å². The van der Waals surface area contributed by atoms with Crippen molar-refractivity contribution in [1.29, 1.82) is 0 Å². The summed E-state index contributed by atoms with van der Waals surface area (Å²) in [5, 5.41) is 11.3. The SMILES string of the molecule is COCCNC(=O)Cn1cccc(C(=O)O)c1=O. The number of nitrogens with one attached hydrogen (secondary N) is 1. The minimum absolute atomic E-state index is 0.219. The van der Waals surface area contributed by atoms with Crippen molar-refractivity contribution < 1.29 is 19.4 Å². The Morgan fingerprint density at radius 3 is 2.83 bits per heavy atom. The number of hydrogen-bond acceptors (Lipinski definition) is 4. The average molecular weight is 254 g/mol. The molecule has 7 nitrogen and oxygen atoms in total. The monoisotopic (exact) mass is 254 g/mol. The van der Waals surface area contributed by atoms with E-state index in [2.05, 4.69) is 5.32 Å². The molecule has 0 saturated carbocycles. The van der Waals surface area contributed by atoms with E-state index in [0.29, 0.717) is 13.2 Å². The number of carboxylic acids is 1. The number of carbonyl (C=O) groups is 2. The minimum Gasteiger partial charge on any atom is -0.477 e. The van der Waals surface area contributed by atoms with Gasteiger partial charge in [-0.3, -0.25) is 9.59 Å². The highest BCUT2D eigenvalue weighted by atomic mass is 16.5. The molecule has 0 radical (unpaired) electrons. The fourth-order valence-electron chi connectivity index (χ4n) is 1.33. The van der Waals surface area contributed by atoms with Gasteiger partial charge in [-0.05, 0) is 12.1 Å². The van der Waals surface area contributed by atoms with Crippen molar-refractivity contribution in [2.24, 2.45) is 0 Å². The van der Waals surface area contributed by atoms with Crippen LogP contribution in [-0.4, -0.2) is 41.8 Å². The van der Waals surface area contributed by atoms with Crippen molar-refractivity contribution in [1.82, 2.24) is 9.88 Å². The highest BCUT2D eigenvalue weighted by Gasteiger charge is 2.11. The predicted octanol–water partition coefficient (Wildman–Crippen LogP) is -0.691. The van der Waals surface area contributed by atoms with Gasteiger partial charge >= 0.3 is 5.97 Å². The Kier molecular flexibility index (Phi) is 5.06. The number of methoxy groups -OCH3 is 1. The molecule has 18 heavy (non-hydrogen) atoms. The number of ether oxygens (including phenoxy) is 1. The number of carboxylic acid groups (broad SMARTS) is 1. The van der Waals surface area contributed by atoms with Crippen LogP contribution in [-0.2, 0) is 16.1 Å². The number of carbonyl (C=O) groups excluding carboxylic acids is 1. The molecule has 0 atom stereocenters. The van der Waals surface area contributed by atoms with Gasteiger partial charge in [-0.1, -0.05) is 0 Å². The van der Waals surface area contributed by atoms with Gasteiger partial charge in [0.1, 0.15) is 12.1 Å². The molecule has 98 valence electrons. The number of rotatable bonds is 6. The molecule has 1 heterocycles. The predicted molar refractivity (Wildman–Crippen MR) is 62.5 cm³/mol. The van der Waals surface area contributed by atoms with Crippen molar-refractivity contribution in [3.05, 3.63) is 34.2 Å². The summed E-state index contributed by atoms with van der Waals surface area (Å²) < 4.78 is 5.80. The van der Waals surface area contributed by atoms with Crippen molar-refractivity contribution in [2.75, 3.05) is 20.3 Å². The molecule has 0 aromatic carbocycles. The number of aromatic carboxylic acids is 1. The van der Waals surface area contributed by atoms with Gasteiger partial charge in [0.05, 0.1) is 6.61 Å². The smallest absolute Gasteiger partial charge is 0.341 e. The standard InChI is InChI=1S/C11H14N2O5/c1-18-6-4-12-9(14)7-13-5-2-3-8(10(13)15)11(16)17/h2-3,5H,4,6-7H2,1H3,(H,12,14)(H,16,17). The maximum absolute atomic E-state index is 11.7. The molecule has 1 aromatic rings. The van der Waals surface area contributed by atoms with E-state index in [4.69, 9.17) is 9.84 Å². The van der Waals surface area contributed by atoms with Crippen molar-refractivity contribution in [3.8, 4) is 0 Å². The first-order chi connectivity index (χ1) is 8.56. The maximum Gasteiger partial charge on any atom is 0.341 e. The fourth-order valence-corrected chi connectivity index (χ4v) is 1.33. The Morgan fingerprint density at radius 2 is 2.22 bits per heavy atom. The Hall–Kier alpha value is -2.15. The van der Waals surface area contributed by atoms with Crippen LogP contribution < -0.4 is 10.9 Å². The first-order valence-electron chi connectivity index (χ1n) is 5.24. The second-order valence-electron chi connectivity index (χ2n) is 3.50. The largest absolute Gasteiger partial charge is 0.477 e. The van der Waals surface area contributed by atoms with Crippen LogP contribution in [0.4, 0.5) is 0 Å². The fraction of sp³-hybridized carbons (Fsp3) is 0.364. The molecule has 0 unspecified atom stereocenters. The molecular formula is C11H14N2O5. The zero-order chi connectivity index (χ0) is 13.5. The van der Waals surface area contributed by atoms with Gasteiger partial charge in [0, 0.05) is 19.9 Å². The van der Waals surface area contributed by atoms with Gasteiger partial charge in [-0.25, -0.2) is 4.79 Å². The van der Waals surface area contributed by atoms with Gasteiger partial charge < -0.3 is 19.7 Å². The molecule has 0 saturated heterocycles. The first kappa shape index (κ1) is 13.9. The van der Waals surface area contributed by atoms with Crippen molar-refractivity contribution in [2.45, 2.75) is 6.54 Å². The van der Waals surface area contributed by atoms with Crippen LogP contribution in [0.15, 0.2) is 23.1 Å². The van der Waals surface area contributed by atoms with E-state index >= 15 is 0 Å². The number of amides is 1. The highest BCUT2D eigenvalue weighted by molar-refractivity contribution is 5.87. The van der Waals surface area contributed by atoms with E-state index in [1.54, 1.807) is 0 Å². The molecule has 0 bridgehead atoms. The highest BCUT2D eigenvalue weighted by Crippen LogP contribution is 1.92. The number of nitrogens with zero attached hydrogens (tertiary/aromatic N) is 1. The molecular weight excluding hydrogens is 240 g/mol. The quantitative estimate of drug-likeness (QED) is 0.655. The molecule has 0 aliphatic carbocycles. The maximum atomic E-state index is 11.7. The van der Waals surface area contributed by atoms with Crippen LogP contribution in [0, 0.1) is 0 Å². The Morgan fingerprint density at radius 1 is 1.50 bits per heavy atom. The second kappa shape index (κ2) is 6.55. The summed E-state index contributed by atoms with van der Waals surface area (Å²) >= 11 is 0. The summed E-state index contributed by atoms with van der Waals surface area (Å²) in [6.45, 7) is 0.488. The van der Waals surface area contributed by atoms with Crippen LogP contribution in [0.25, 0.3) is 0 Å². The molecule has 0 aliphatic heterocycles. The Labute approximate surface area is 103 Å². The van der Waals surface area contributed by atoms with E-state index in [0.717, 1.165) is 4.57 Å². The van der Waals surface area contributed by atoms with Crippen LogP contribution in [0.3, 0.4) is 0 Å². The van der Waals surface area contributed by atoms with Crippen LogP contribution in [0.1, 0.15) is 10.4 Å². The summed E-state index contributed by atoms with van der Waals surface area (Å²) in [4.78, 5) is 33.8. The summed E-state index contributed by atoms with van der Waals surface area (Å²) in [7, 11) is 1.51. The van der Waals surface area contributed by atoms with E-state index < -0.39 is 11.5 Å². The molecule has 7 heteroatoms. The van der Waals surface area contributed by atoms with Gasteiger partial charge in [-0.15, -0.1) is 0 Å². The van der Waals surface area contributed by atoms with Crippen molar-refractivity contribution in [3.63, 3.8) is 0 Å². The molecule has 1 aromatic heterocycles. The lowest BCUT2D eigenvalue weighted by molar-refractivity contribution is -0.121. The third kappa shape index (κ3) is 3.70. The zero-order valence-corrected chi connectivity index (χ0v) is 9.88. The summed E-state index contributed by atoms with van der Waals surface area (Å²) in [5.41, 5.74) is -1.06. The number of pyridine rings is 1. The van der Waals surface area contributed by atoms with Crippen LogP contribution in [0.2, 0.25) is 0 Å². The topological polar surface area (TPSA) is 97.6 Å². The minimum atomic E-state index is -1.31. The normalized spacial score (nSPS) is 10.1. The lowest BCUT2D eigenvalue weighted by Crippen LogP contribution is -2.35. The molecule has 1 amide bonds. The van der Waals surface area contributed by atoms with Gasteiger partial charge in [0.2, 0.25) is 5.91 Å². The van der Waals surface area contributed by atoms with E-state index in [1.165, 1.54) is 25.4 Å². The Bertz CT molecular complexity index is 494. The van der Waals surface area contributed by atoms with E-state index in [9.17, 15) is 14.4 Å². The lowest BCUT2D eigenvalue weighted by Gasteiger charge is -2.07. The molecule has 0 spiro atoms. The zero-order valence-electron chi connectivity index (χ0n) is 9.88. The summed E-state index contributed by atoms with van der Waals surface area (Å²) in [6.07, 6.45) is 1.37. The molecule has 0 aliphatic rings. The molecule has 2 N–H and O–H groups in total. The van der Waals surface area contributed by atoms with Gasteiger partial charge in [0.15, 0.2) is 0 Å². The van der Waals surface area contributed by atoms with E-state index in [1.807, 2.05) is 0 Å². The molecule has 0 fully saturated rings. The Balaban J connectivity index is 2.73. The van der Waals surface area contributed by atoms with Crippen molar-refractivity contribution >= 4 is 11.9 Å².